The molecule has 0 unspecified atom stereocenters. The summed E-state index contributed by atoms with van der Waals surface area (Å²) in [6.07, 6.45) is 7.47. The number of hydrogen-bond donors (Lipinski definition) is 1. The average molecular weight is 491 g/mol. The van der Waals surface area contributed by atoms with Gasteiger partial charge in [0.25, 0.3) is 0 Å². The summed E-state index contributed by atoms with van der Waals surface area (Å²) in [6, 6.07) is 4.27. The Bertz CT molecular complexity index is 576. The number of aromatic nitrogens is 1. The molecule has 5 nitrogen and oxygen atoms in total. The summed E-state index contributed by atoms with van der Waals surface area (Å²) < 4.78 is 2.17. The van der Waals surface area contributed by atoms with E-state index in [1.54, 1.807) is 0 Å². The molecule has 7 heteroatoms. The van der Waals surface area contributed by atoms with Crippen LogP contribution in [0, 0.1) is 0 Å². The van der Waals surface area contributed by atoms with Gasteiger partial charge in [0.15, 0.2) is 5.96 Å². The van der Waals surface area contributed by atoms with Crippen molar-refractivity contribution in [3.63, 3.8) is 0 Å². The minimum atomic E-state index is 0. The number of nitrogens with zero attached hydrogens (tertiary/aromatic N) is 4. The van der Waals surface area contributed by atoms with E-state index in [1.807, 2.05) is 7.05 Å². The van der Waals surface area contributed by atoms with Gasteiger partial charge in [-0.15, -0.1) is 24.0 Å². The lowest BCUT2D eigenvalue weighted by Crippen LogP contribution is -2.57. The molecular formula is C19H34IN5S. The number of nitrogens with one attached hydrogen (secondary N) is 1. The van der Waals surface area contributed by atoms with Crippen molar-refractivity contribution in [2.24, 2.45) is 12.0 Å². The largest absolute Gasteiger partial charge is 0.354 e. The minimum absolute atomic E-state index is 0. The summed E-state index contributed by atoms with van der Waals surface area (Å²) in [4.78, 5) is 9.52. The fourth-order valence-electron chi connectivity index (χ4n) is 4.28. The number of rotatable bonds is 5. The lowest BCUT2D eigenvalue weighted by molar-refractivity contribution is 0.106. The highest BCUT2D eigenvalue weighted by Crippen LogP contribution is 2.36. The van der Waals surface area contributed by atoms with Crippen LogP contribution in [0.4, 0.5) is 0 Å². The maximum atomic E-state index is 4.53. The van der Waals surface area contributed by atoms with Crippen molar-refractivity contribution in [1.82, 2.24) is 19.7 Å². The standard InChI is InChI=1S/C19H33N5S.HI/c1-20-18(23(3)15-17-7-6-10-22(17)2)21-16-19(8-4-5-9-19)24-11-13-25-14-12-24;/h6-7,10H,4-5,8-9,11-16H2,1-3H3,(H,20,21);1H. The van der Waals surface area contributed by atoms with E-state index in [1.165, 1.54) is 56.0 Å². The van der Waals surface area contributed by atoms with Crippen molar-refractivity contribution < 1.29 is 0 Å². The van der Waals surface area contributed by atoms with Gasteiger partial charge in [-0.05, 0) is 25.0 Å². The zero-order valence-corrected chi connectivity index (χ0v) is 19.6. The van der Waals surface area contributed by atoms with Gasteiger partial charge >= 0.3 is 0 Å². The first-order valence-electron chi connectivity index (χ1n) is 9.49. The summed E-state index contributed by atoms with van der Waals surface area (Å²) in [7, 11) is 6.12. The molecule has 1 aliphatic carbocycles. The van der Waals surface area contributed by atoms with Gasteiger partial charge in [0, 0.05) is 69.7 Å². The monoisotopic (exact) mass is 491 g/mol. The third-order valence-corrected chi connectivity index (χ3v) is 6.76. The van der Waals surface area contributed by atoms with E-state index < -0.39 is 0 Å². The summed E-state index contributed by atoms with van der Waals surface area (Å²) in [5, 5.41) is 3.70. The molecule has 1 aromatic heterocycles. The summed E-state index contributed by atoms with van der Waals surface area (Å²) in [6.45, 7) is 4.37. The van der Waals surface area contributed by atoms with Gasteiger partial charge in [-0.2, -0.15) is 11.8 Å². The Balaban J connectivity index is 0.00000243. The zero-order chi connectivity index (χ0) is 17.7. The van der Waals surface area contributed by atoms with Gasteiger partial charge in [-0.1, -0.05) is 12.8 Å². The fourth-order valence-corrected chi connectivity index (χ4v) is 5.19. The lowest BCUT2D eigenvalue weighted by atomic mass is 9.94. The van der Waals surface area contributed by atoms with E-state index in [4.69, 9.17) is 0 Å². The Morgan fingerprint density at radius 2 is 2.00 bits per heavy atom. The Labute approximate surface area is 180 Å². The molecule has 3 rings (SSSR count). The van der Waals surface area contributed by atoms with Gasteiger partial charge in [0.1, 0.15) is 0 Å². The number of guanidine groups is 1. The van der Waals surface area contributed by atoms with E-state index >= 15 is 0 Å². The number of halogens is 1. The average Bonchev–Trinajstić information content (AvgIpc) is 3.27. The predicted octanol–water partition coefficient (Wildman–Crippen LogP) is 3.01. The van der Waals surface area contributed by atoms with Gasteiger partial charge < -0.3 is 14.8 Å². The van der Waals surface area contributed by atoms with Crippen LogP contribution in [0.3, 0.4) is 0 Å². The van der Waals surface area contributed by atoms with Crippen molar-refractivity contribution in [3.8, 4) is 0 Å². The molecule has 1 saturated carbocycles. The van der Waals surface area contributed by atoms with E-state index in [2.05, 4.69) is 68.9 Å². The molecule has 0 bridgehead atoms. The maximum Gasteiger partial charge on any atom is 0.193 e. The molecule has 1 saturated heterocycles. The molecule has 0 spiro atoms. The Morgan fingerprint density at radius 3 is 2.58 bits per heavy atom. The highest BCUT2D eigenvalue weighted by atomic mass is 127. The van der Waals surface area contributed by atoms with Crippen molar-refractivity contribution in [3.05, 3.63) is 24.0 Å². The van der Waals surface area contributed by atoms with Crippen LogP contribution in [0.15, 0.2) is 23.3 Å². The number of aryl methyl sites for hydroxylation is 1. The molecule has 1 aromatic rings. The van der Waals surface area contributed by atoms with Gasteiger partial charge in [-0.3, -0.25) is 9.89 Å². The molecule has 0 amide bonds. The van der Waals surface area contributed by atoms with Crippen molar-refractivity contribution in [2.45, 2.75) is 37.8 Å². The van der Waals surface area contributed by atoms with Crippen LogP contribution in [-0.2, 0) is 13.6 Å². The third-order valence-electron chi connectivity index (χ3n) is 5.82. The molecular weight excluding hydrogens is 457 g/mol. The van der Waals surface area contributed by atoms with Crippen LogP contribution in [0.5, 0.6) is 0 Å². The van der Waals surface area contributed by atoms with Crippen molar-refractivity contribution in [1.29, 1.82) is 0 Å². The van der Waals surface area contributed by atoms with Crippen molar-refractivity contribution in [2.75, 3.05) is 45.2 Å². The second-order valence-electron chi connectivity index (χ2n) is 7.40. The Morgan fingerprint density at radius 1 is 1.31 bits per heavy atom. The predicted molar refractivity (Wildman–Crippen MR) is 124 cm³/mol. The highest BCUT2D eigenvalue weighted by Gasteiger charge is 2.40. The summed E-state index contributed by atoms with van der Waals surface area (Å²) >= 11 is 2.10. The van der Waals surface area contributed by atoms with Crippen LogP contribution in [0.1, 0.15) is 31.4 Å². The zero-order valence-electron chi connectivity index (χ0n) is 16.4. The SMILES string of the molecule is CN=C(NCC1(N2CCSCC2)CCCC1)N(C)Cc1cccn1C.I. The van der Waals surface area contributed by atoms with Crippen molar-refractivity contribution >= 4 is 41.7 Å². The number of thioether (sulfide) groups is 1. The molecule has 2 fully saturated rings. The van der Waals surface area contributed by atoms with Crippen LogP contribution in [0.2, 0.25) is 0 Å². The molecule has 26 heavy (non-hydrogen) atoms. The first-order valence-corrected chi connectivity index (χ1v) is 10.6. The smallest absolute Gasteiger partial charge is 0.193 e. The van der Waals surface area contributed by atoms with Crippen LogP contribution >= 0.6 is 35.7 Å². The molecule has 0 aromatic carbocycles. The summed E-state index contributed by atoms with van der Waals surface area (Å²) in [5.41, 5.74) is 1.64. The molecule has 0 radical (unpaired) electrons. The molecule has 0 atom stereocenters. The Kier molecular flexibility index (Phi) is 8.60. The molecule has 2 aliphatic rings. The summed E-state index contributed by atoms with van der Waals surface area (Å²) in [5.74, 6) is 3.56. The molecule has 148 valence electrons. The highest BCUT2D eigenvalue weighted by molar-refractivity contribution is 14.0. The van der Waals surface area contributed by atoms with Crippen LogP contribution in [-0.4, -0.2) is 71.1 Å². The molecule has 1 aliphatic heterocycles. The van der Waals surface area contributed by atoms with Crippen LogP contribution in [0.25, 0.3) is 0 Å². The van der Waals surface area contributed by atoms with Crippen LogP contribution < -0.4 is 5.32 Å². The van der Waals surface area contributed by atoms with Gasteiger partial charge in [-0.25, -0.2) is 0 Å². The fraction of sp³-hybridized carbons (Fsp3) is 0.737. The van der Waals surface area contributed by atoms with E-state index in [0.29, 0.717) is 5.54 Å². The maximum absolute atomic E-state index is 4.53. The first-order chi connectivity index (χ1) is 12.1. The lowest BCUT2D eigenvalue weighted by Gasteiger charge is -2.44. The van der Waals surface area contributed by atoms with Gasteiger partial charge in [0.2, 0.25) is 0 Å². The topological polar surface area (TPSA) is 35.8 Å². The number of hydrogen-bond acceptors (Lipinski definition) is 3. The second-order valence-corrected chi connectivity index (χ2v) is 8.62. The third kappa shape index (κ3) is 5.10. The molecule has 1 N–H and O–H groups in total. The van der Waals surface area contributed by atoms with E-state index in [-0.39, 0.29) is 24.0 Å². The molecule has 2 heterocycles. The second kappa shape index (κ2) is 10.2. The Hall–Kier alpha value is -0.410. The van der Waals surface area contributed by atoms with E-state index in [9.17, 15) is 0 Å². The van der Waals surface area contributed by atoms with E-state index in [0.717, 1.165) is 19.0 Å². The normalized spacial score (nSPS) is 20.7. The quantitative estimate of drug-likeness (QED) is 0.391. The minimum Gasteiger partial charge on any atom is -0.354 e. The number of aliphatic imine (C=N–C) groups is 1. The van der Waals surface area contributed by atoms with Gasteiger partial charge in [0.05, 0.1) is 6.54 Å². The first kappa shape index (κ1) is 21.9.